The van der Waals surface area contributed by atoms with Crippen molar-refractivity contribution in [1.82, 2.24) is 15.2 Å². The number of nitrogens with zero attached hydrogens (tertiary/aromatic N) is 2. The molecule has 0 spiro atoms. The third-order valence-electron chi connectivity index (χ3n) is 3.46. The smallest absolute Gasteiger partial charge is 0.410 e. The van der Waals surface area contributed by atoms with Crippen LogP contribution in [0.3, 0.4) is 0 Å². The van der Waals surface area contributed by atoms with E-state index in [1.807, 2.05) is 37.8 Å². The molecule has 0 bridgehead atoms. The molecular weight excluding hydrogens is 266 g/mol. The van der Waals surface area contributed by atoms with Gasteiger partial charge in [0.15, 0.2) is 0 Å². The normalized spacial score (nSPS) is 18.8. The lowest BCUT2D eigenvalue weighted by atomic mass is 10.2. The number of hydrogen-bond acceptors (Lipinski definition) is 4. The van der Waals surface area contributed by atoms with Gasteiger partial charge < -0.3 is 15.0 Å². The van der Waals surface area contributed by atoms with Gasteiger partial charge in [-0.3, -0.25) is 4.98 Å². The van der Waals surface area contributed by atoms with Gasteiger partial charge in [0.05, 0.1) is 0 Å². The van der Waals surface area contributed by atoms with Gasteiger partial charge in [0.1, 0.15) is 5.60 Å². The number of carbonyl (C=O) groups is 1. The minimum absolute atomic E-state index is 0.198. The fourth-order valence-corrected chi connectivity index (χ4v) is 2.49. The molecule has 1 amide bonds. The summed E-state index contributed by atoms with van der Waals surface area (Å²) in [5.41, 5.74) is 0.765. The van der Waals surface area contributed by atoms with Gasteiger partial charge in [0.2, 0.25) is 0 Å². The summed E-state index contributed by atoms with van der Waals surface area (Å²) >= 11 is 0. The van der Waals surface area contributed by atoms with Gasteiger partial charge in [-0.1, -0.05) is 0 Å². The van der Waals surface area contributed by atoms with Gasteiger partial charge in [-0.25, -0.2) is 4.79 Å². The monoisotopic (exact) mass is 291 g/mol. The van der Waals surface area contributed by atoms with Crippen molar-refractivity contribution in [2.24, 2.45) is 0 Å². The summed E-state index contributed by atoms with van der Waals surface area (Å²) in [6.45, 7) is 8.08. The Morgan fingerprint density at radius 3 is 2.81 bits per heavy atom. The molecule has 1 aromatic heterocycles. The van der Waals surface area contributed by atoms with Crippen LogP contribution in [0.4, 0.5) is 4.79 Å². The molecule has 0 aromatic carbocycles. The second kappa shape index (κ2) is 6.89. The lowest BCUT2D eigenvalue weighted by Crippen LogP contribution is -2.44. The molecule has 5 heteroatoms. The maximum Gasteiger partial charge on any atom is 0.410 e. The first kappa shape index (κ1) is 15.8. The van der Waals surface area contributed by atoms with Crippen LogP contribution in [0, 0.1) is 0 Å². The van der Waals surface area contributed by atoms with Crippen LogP contribution in [0.5, 0.6) is 0 Å². The van der Waals surface area contributed by atoms with Gasteiger partial charge in [-0.05, 0) is 51.3 Å². The molecule has 2 heterocycles. The Balaban J connectivity index is 1.80. The fourth-order valence-electron chi connectivity index (χ4n) is 2.49. The molecule has 0 radical (unpaired) electrons. The Kier molecular flexibility index (Phi) is 5.17. The summed E-state index contributed by atoms with van der Waals surface area (Å²) in [7, 11) is 0. The largest absolute Gasteiger partial charge is 0.444 e. The molecule has 1 saturated heterocycles. The summed E-state index contributed by atoms with van der Waals surface area (Å²) in [6, 6.07) is 4.21. The van der Waals surface area contributed by atoms with Crippen LogP contribution in [0.1, 0.15) is 39.2 Å². The first-order valence-corrected chi connectivity index (χ1v) is 7.55. The molecule has 21 heavy (non-hydrogen) atoms. The molecule has 1 aliphatic rings. The van der Waals surface area contributed by atoms with E-state index in [1.165, 1.54) is 5.56 Å². The third-order valence-corrected chi connectivity index (χ3v) is 3.46. The highest BCUT2D eigenvalue weighted by Gasteiger charge is 2.31. The maximum atomic E-state index is 12.2. The highest BCUT2D eigenvalue weighted by molar-refractivity contribution is 5.69. The topological polar surface area (TPSA) is 54.5 Å². The standard InChI is InChI=1S/C16H25N3O2/c1-16(2,3)21-15(20)19-10-4-5-14(19)12-18-11-13-6-8-17-9-7-13/h6-9,14,18H,4-5,10-12H2,1-3H3. The molecule has 5 nitrogen and oxygen atoms in total. The van der Waals surface area contributed by atoms with Gasteiger partial charge in [-0.2, -0.15) is 0 Å². The average molecular weight is 291 g/mol. The minimum atomic E-state index is -0.436. The van der Waals surface area contributed by atoms with Crippen molar-refractivity contribution in [3.63, 3.8) is 0 Å². The Bertz CT molecular complexity index is 456. The van der Waals surface area contributed by atoms with E-state index < -0.39 is 5.60 Å². The molecule has 2 rings (SSSR count). The summed E-state index contributed by atoms with van der Waals surface area (Å²) in [5, 5.41) is 3.41. The molecule has 116 valence electrons. The van der Waals surface area contributed by atoms with Crippen LogP contribution in [0.25, 0.3) is 0 Å². The molecule has 1 atom stereocenters. The number of pyridine rings is 1. The Morgan fingerprint density at radius 1 is 1.43 bits per heavy atom. The quantitative estimate of drug-likeness (QED) is 0.926. The lowest BCUT2D eigenvalue weighted by Gasteiger charge is -2.28. The number of rotatable bonds is 4. The van der Waals surface area contributed by atoms with Gasteiger partial charge in [-0.15, -0.1) is 0 Å². The molecule has 0 saturated carbocycles. The predicted octanol–water partition coefficient (Wildman–Crippen LogP) is 2.57. The van der Waals surface area contributed by atoms with E-state index >= 15 is 0 Å². The Labute approximate surface area is 126 Å². The Morgan fingerprint density at radius 2 is 2.14 bits per heavy atom. The van der Waals surface area contributed by atoms with Crippen LogP contribution < -0.4 is 5.32 Å². The van der Waals surface area contributed by atoms with Crippen LogP contribution in [-0.4, -0.2) is 40.7 Å². The van der Waals surface area contributed by atoms with Crippen LogP contribution in [0.2, 0.25) is 0 Å². The molecule has 1 aliphatic heterocycles. The lowest BCUT2D eigenvalue weighted by molar-refractivity contribution is 0.0226. The van der Waals surface area contributed by atoms with Gasteiger partial charge in [0.25, 0.3) is 0 Å². The molecule has 1 fully saturated rings. The number of hydrogen-bond donors (Lipinski definition) is 1. The van der Waals surface area contributed by atoms with E-state index in [4.69, 9.17) is 4.74 Å². The number of amides is 1. The zero-order valence-corrected chi connectivity index (χ0v) is 13.1. The van der Waals surface area contributed by atoms with Crippen molar-refractivity contribution in [2.45, 2.75) is 51.8 Å². The Hall–Kier alpha value is -1.62. The van der Waals surface area contributed by atoms with E-state index in [2.05, 4.69) is 10.3 Å². The van der Waals surface area contributed by atoms with Crippen LogP contribution >= 0.6 is 0 Å². The second-order valence-electron chi connectivity index (χ2n) is 6.46. The number of ether oxygens (including phenoxy) is 1. The molecule has 1 aromatic rings. The zero-order chi connectivity index (χ0) is 15.3. The first-order valence-electron chi connectivity index (χ1n) is 7.55. The predicted molar refractivity (Wildman–Crippen MR) is 81.9 cm³/mol. The van der Waals surface area contributed by atoms with Crippen molar-refractivity contribution >= 4 is 6.09 Å². The maximum absolute atomic E-state index is 12.2. The number of likely N-dealkylation sites (tertiary alicyclic amines) is 1. The van der Waals surface area contributed by atoms with Crippen molar-refractivity contribution in [1.29, 1.82) is 0 Å². The second-order valence-corrected chi connectivity index (χ2v) is 6.46. The summed E-state index contributed by atoms with van der Waals surface area (Å²) < 4.78 is 5.47. The number of aromatic nitrogens is 1. The van der Waals surface area contributed by atoms with E-state index in [0.29, 0.717) is 0 Å². The van der Waals surface area contributed by atoms with Crippen LogP contribution in [0.15, 0.2) is 24.5 Å². The highest BCUT2D eigenvalue weighted by Crippen LogP contribution is 2.20. The minimum Gasteiger partial charge on any atom is -0.444 e. The molecule has 0 aliphatic carbocycles. The van der Waals surface area contributed by atoms with Crippen LogP contribution in [-0.2, 0) is 11.3 Å². The third kappa shape index (κ3) is 5.01. The van der Waals surface area contributed by atoms with Crippen molar-refractivity contribution in [2.75, 3.05) is 13.1 Å². The van der Waals surface area contributed by atoms with E-state index in [9.17, 15) is 4.79 Å². The summed E-state index contributed by atoms with van der Waals surface area (Å²) in [6.07, 6.45) is 5.46. The fraction of sp³-hybridized carbons (Fsp3) is 0.625. The first-order chi connectivity index (χ1) is 9.96. The SMILES string of the molecule is CC(C)(C)OC(=O)N1CCCC1CNCc1ccncc1. The molecule has 1 N–H and O–H groups in total. The van der Waals surface area contributed by atoms with E-state index in [1.54, 1.807) is 12.4 Å². The van der Waals surface area contributed by atoms with Gasteiger partial charge in [0, 0.05) is 38.1 Å². The van der Waals surface area contributed by atoms with E-state index in [0.717, 1.165) is 32.5 Å². The highest BCUT2D eigenvalue weighted by atomic mass is 16.6. The van der Waals surface area contributed by atoms with Crippen molar-refractivity contribution in [3.8, 4) is 0 Å². The molecular formula is C16H25N3O2. The van der Waals surface area contributed by atoms with E-state index in [-0.39, 0.29) is 12.1 Å². The average Bonchev–Trinajstić information content (AvgIpc) is 2.86. The van der Waals surface area contributed by atoms with Gasteiger partial charge >= 0.3 is 6.09 Å². The summed E-state index contributed by atoms with van der Waals surface area (Å²) in [4.78, 5) is 18.0. The zero-order valence-electron chi connectivity index (χ0n) is 13.1. The van der Waals surface area contributed by atoms with Crippen molar-refractivity contribution in [3.05, 3.63) is 30.1 Å². The number of carbonyl (C=O) groups excluding carboxylic acids is 1. The molecule has 1 unspecified atom stereocenters. The summed E-state index contributed by atoms with van der Waals surface area (Å²) in [5.74, 6) is 0. The number of nitrogens with one attached hydrogen (secondary N) is 1. The van der Waals surface area contributed by atoms with Crippen molar-refractivity contribution < 1.29 is 9.53 Å².